The second kappa shape index (κ2) is 7.88. The number of hydrogen-bond donors (Lipinski definition) is 3. The molecule has 0 aromatic carbocycles. The summed E-state index contributed by atoms with van der Waals surface area (Å²) in [5.41, 5.74) is 6.00. The van der Waals surface area contributed by atoms with Crippen molar-refractivity contribution in [3.05, 3.63) is 0 Å². The molecule has 56 valence electrons. The van der Waals surface area contributed by atoms with E-state index in [0.717, 1.165) is 19.8 Å². The van der Waals surface area contributed by atoms with E-state index in [2.05, 4.69) is 30.0 Å². The average Bonchev–Trinajstić information content (AvgIpc) is 1.89. The van der Waals surface area contributed by atoms with Gasteiger partial charge >= 0.3 is 0 Å². The number of rotatable bonds is 6. The van der Waals surface area contributed by atoms with E-state index < -0.39 is 0 Å². The van der Waals surface area contributed by atoms with E-state index in [-0.39, 0.29) is 0 Å². The molecule has 0 unspecified atom stereocenters. The fourth-order valence-electron chi connectivity index (χ4n) is 0.515. The summed E-state index contributed by atoms with van der Waals surface area (Å²) in [6.45, 7) is 7.11. The van der Waals surface area contributed by atoms with Crippen LogP contribution in [0.15, 0.2) is 0 Å². The monoisotopic (exact) mass is 131 g/mol. The molecule has 0 heterocycles. The van der Waals surface area contributed by atoms with Crippen molar-refractivity contribution >= 4 is 0 Å². The van der Waals surface area contributed by atoms with Gasteiger partial charge in [-0.2, -0.15) is 0 Å². The van der Waals surface area contributed by atoms with Crippen molar-refractivity contribution in [1.82, 2.24) is 16.2 Å². The second-order valence-electron chi connectivity index (χ2n) is 1.88. The maximum atomic E-state index is 3.20. The smallest absolute Gasteiger partial charge is 0.0589 e. The van der Waals surface area contributed by atoms with Gasteiger partial charge in [0.1, 0.15) is 0 Å². The molecule has 0 aliphatic heterocycles. The average molecular weight is 131 g/mol. The quantitative estimate of drug-likeness (QED) is 0.271. The lowest BCUT2D eigenvalue weighted by Crippen LogP contribution is -2.39. The molecule has 0 spiro atoms. The van der Waals surface area contributed by atoms with Crippen molar-refractivity contribution in [3.8, 4) is 0 Å². The molecule has 0 amide bonds. The zero-order valence-electron chi connectivity index (χ0n) is 6.33. The van der Waals surface area contributed by atoms with Crippen LogP contribution in [0.4, 0.5) is 0 Å². The summed E-state index contributed by atoms with van der Waals surface area (Å²) in [4.78, 5) is 0. The Hall–Kier alpha value is -0.120. The van der Waals surface area contributed by atoms with Crippen LogP contribution < -0.4 is 16.2 Å². The maximum Gasteiger partial charge on any atom is 0.0589 e. The zero-order valence-corrected chi connectivity index (χ0v) is 6.33. The van der Waals surface area contributed by atoms with Crippen LogP contribution in [0.25, 0.3) is 0 Å². The first-order chi connectivity index (χ1) is 4.41. The van der Waals surface area contributed by atoms with Crippen LogP contribution in [0.1, 0.15) is 20.3 Å². The van der Waals surface area contributed by atoms with Crippen LogP contribution in [-0.4, -0.2) is 19.8 Å². The molecule has 0 radical (unpaired) electrons. The van der Waals surface area contributed by atoms with E-state index in [1.165, 1.54) is 6.42 Å². The van der Waals surface area contributed by atoms with Crippen LogP contribution >= 0.6 is 0 Å². The standard InChI is InChI=1S/C6H17N3/c1-3-5-7-6-9-8-4-2/h7-9H,3-6H2,1-2H3. The maximum absolute atomic E-state index is 3.20. The van der Waals surface area contributed by atoms with Crippen LogP contribution in [0.2, 0.25) is 0 Å². The van der Waals surface area contributed by atoms with E-state index >= 15 is 0 Å². The highest BCUT2D eigenvalue weighted by Crippen LogP contribution is 1.65. The highest BCUT2D eigenvalue weighted by atomic mass is 15.4. The number of nitrogens with one attached hydrogen (secondary N) is 3. The van der Waals surface area contributed by atoms with Gasteiger partial charge < -0.3 is 5.32 Å². The summed E-state index contributed by atoms with van der Waals surface area (Å²) in [5.74, 6) is 0. The predicted octanol–water partition coefficient (Wildman–Crippen LogP) is 0.0576. The Morgan fingerprint density at radius 3 is 2.44 bits per heavy atom. The molecule has 0 aromatic heterocycles. The largest absolute Gasteiger partial charge is 0.303 e. The van der Waals surface area contributed by atoms with Gasteiger partial charge in [0.25, 0.3) is 0 Å². The summed E-state index contributed by atoms with van der Waals surface area (Å²) in [5, 5.41) is 3.20. The molecule has 0 bridgehead atoms. The van der Waals surface area contributed by atoms with E-state index in [1.807, 2.05) is 0 Å². The molecule has 0 aliphatic rings. The molecule has 0 fully saturated rings. The van der Waals surface area contributed by atoms with Crippen LogP contribution in [0.5, 0.6) is 0 Å². The molecule has 0 aliphatic carbocycles. The van der Waals surface area contributed by atoms with Crippen molar-refractivity contribution in [3.63, 3.8) is 0 Å². The predicted molar refractivity (Wildman–Crippen MR) is 40.0 cm³/mol. The summed E-state index contributed by atoms with van der Waals surface area (Å²) < 4.78 is 0. The van der Waals surface area contributed by atoms with Gasteiger partial charge in [-0.3, -0.25) is 5.43 Å². The van der Waals surface area contributed by atoms with Crippen molar-refractivity contribution in [2.75, 3.05) is 19.8 Å². The lowest BCUT2D eigenvalue weighted by molar-refractivity contribution is 0.499. The molecular formula is C6H17N3. The van der Waals surface area contributed by atoms with Crippen LogP contribution in [-0.2, 0) is 0 Å². The molecule has 0 saturated carbocycles. The van der Waals surface area contributed by atoms with Gasteiger partial charge in [0.05, 0.1) is 6.67 Å². The lowest BCUT2D eigenvalue weighted by atomic mass is 10.5. The van der Waals surface area contributed by atoms with Crippen molar-refractivity contribution < 1.29 is 0 Å². The molecule has 0 saturated heterocycles. The zero-order chi connectivity index (χ0) is 6.95. The highest BCUT2D eigenvalue weighted by Gasteiger charge is 1.79. The van der Waals surface area contributed by atoms with E-state index in [9.17, 15) is 0 Å². The highest BCUT2D eigenvalue weighted by molar-refractivity contribution is 4.39. The van der Waals surface area contributed by atoms with Gasteiger partial charge in [-0.1, -0.05) is 13.8 Å². The van der Waals surface area contributed by atoms with Crippen molar-refractivity contribution in [2.45, 2.75) is 20.3 Å². The molecule has 3 heteroatoms. The Balaban J connectivity index is 2.60. The third-order valence-electron chi connectivity index (χ3n) is 0.942. The van der Waals surface area contributed by atoms with Gasteiger partial charge in [0.2, 0.25) is 0 Å². The molecule has 3 N–H and O–H groups in total. The topological polar surface area (TPSA) is 36.1 Å². The van der Waals surface area contributed by atoms with E-state index in [0.29, 0.717) is 0 Å². The minimum absolute atomic E-state index is 0.849. The number of hydrazine groups is 1. The third kappa shape index (κ3) is 7.88. The molecule has 3 nitrogen and oxygen atoms in total. The fourth-order valence-corrected chi connectivity index (χ4v) is 0.515. The Kier molecular flexibility index (Phi) is 7.77. The first-order valence-corrected chi connectivity index (χ1v) is 3.58. The molecule has 0 atom stereocenters. The summed E-state index contributed by atoms with van der Waals surface area (Å²) in [7, 11) is 0. The van der Waals surface area contributed by atoms with E-state index in [1.54, 1.807) is 0 Å². The minimum Gasteiger partial charge on any atom is -0.303 e. The van der Waals surface area contributed by atoms with Crippen molar-refractivity contribution in [1.29, 1.82) is 0 Å². The first kappa shape index (κ1) is 8.88. The summed E-state index contributed by atoms with van der Waals surface area (Å²) in [6.07, 6.45) is 1.19. The Morgan fingerprint density at radius 2 is 1.89 bits per heavy atom. The van der Waals surface area contributed by atoms with Gasteiger partial charge in [-0.15, -0.1) is 0 Å². The normalized spacial score (nSPS) is 10.0. The molecule has 0 aromatic rings. The molecular weight excluding hydrogens is 114 g/mol. The minimum atomic E-state index is 0.849. The summed E-state index contributed by atoms with van der Waals surface area (Å²) in [6, 6.07) is 0. The molecule has 0 rings (SSSR count). The van der Waals surface area contributed by atoms with Gasteiger partial charge in [0, 0.05) is 6.54 Å². The summed E-state index contributed by atoms with van der Waals surface area (Å²) >= 11 is 0. The molecule has 9 heavy (non-hydrogen) atoms. The fraction of sp³-hybridized carbons (Fsp3) is 1.00. The Morgan fingerprint density at radius 1 is 1.11 bits per heavy atom. The number of hydrogen-bond acceptors (Lipinski definition) is 3. The van der Waals surface area contributed by atoms with Gasteiger partial charge in [-0.25, -0.2) is 5.43 Å². The first-order valence-electron chi connectivity index (χ1n) is 3.58. The third-order valence-corrected chi connectivity index (χ3v) is 0.942. The SMILES string of the molecule is CCCNCNNCC. The lowest BCUT2D eigenvalue weighted by Gasteiger charge is -2.04. The second-order valence-corrected chi connectivity index (χ2v) is 1.88. The van der Waals surface area contributed by atoms with Gasteiger partial charge in [0.15, 0.2) is 0 Å². The van der Waals surface area contributed by atoms with Crippen LogP contribution in [0.3, 0.4) is 0 Å². The van der Waals surface area contributed by atoms with E-state index in [4.69, 9.17) is 0 Å². The Labute approximate surface area is 57.2 Å². The van der Waals surface area contributed by atoms with Crippen molar-refractivity contribution in [2.24, 2.45) is 0 Å². The Bertz CT molecular complexity index is 41.6. The van der Waals surface area contributed by atoms with Gasteiger partial charge in [-0.05, 0) is 13.0 Å². The van der Waals surface area contributed by atoms with Crippen LogP contribution in [0, 0.1) is 0 Å².